The molecule has 2 rings (SSSR count). The number of aliphatic carboxylic acids is 1. The lowest BCUT2D eigenvalue weighted by atomic mass is 10.0. The summed E-state index contributed by atoms with van der Waals surface area (Å²) in [5.41, 5.74) is 1.32. The molecule has 3 nitrogen and oxygen atoms in total. The van der Waals surface area contributed by atoms with Crippen LogP contribution in [-0.4, -0.2) is 17.4 Å². The summed E-state index contributed by atoms with van der Waals surface area (Å²) in [5.74, 6) is -1.42. The molecule has 22 heavy (non-hydrogen) atoms. The fourth-order valence-electron chi connectivity index (χ4n) is 1.90. The normalized spacial score (nSPS) is 11.6. The van der Waals surface area contributed by atoms with Gasteiger partial charge in [-0.2, -0.15) is 0 Å². The molecule has 0 fully saturated rings. The molecule has 1 N–H and O–H groups in total. The lowest BCUT2D eigenvalue weighted by Gasteiger charge is -2.13. The van der Waals surface area contributed by atoms with Crippen LogP contribution in [0.5, 0.6) is 5.75 Å². The van der Waals surface area contributed by atoms with Crippen molar-refractivity contribution in [2.75, 3.05) is 0 Å². The molecule has 0 spiro atoms. The maximum absolute atomic E-state index is 12.4. The van der Waals surface area contributed by atoms with Gasteiger partial charge in [0.05, 0.1) is 0 Å². The van der Waals surface area contributed by atoms with Crippen LogP contribution in [0, 0.1) is 0 Å². The van der Waals surface area contributed by atoms with E-state index in [0.717, 1.165) is 6.08 Å². The third-order valence-corrected chi connectivity index (χ3v) is 2.73. The molecule has 0 aliphatic rings. The van der Waals surface area contributed by atoms with Gasteiger partial charge in [-0.1, -0.05) is 36.4 Å². The first kappa shape index (κ1) is 15.6. The van der Waals surface area contributed by atoms with Gasteiger partial charge in [-0.15, -0.1) is 13.2 Å². The predicted molar refractivity (Wildman–Crippen MR) is 75.2 cm³/mol. The second kappa shape index (κ2) is 6.34. The molecule has 0 saturated carbocycles. The van der Waals surface area contributed by atoms with E-state index < -0.39 is 12.3 Å². The number of carbonyl (C=O) groups is 1. The molecule has 0 bridgehead atoms. The lowest BCUT2D eigenvalue weighted by molar-refractivity contribution is -0.274. The van der Waals surface area contributed by atoms with Gasteiger partial charge < -0.3 is 9.84 Å². The summed E-state index contributed by atoms with van der Waals surface area (Å²) >= 11 is 0. The third kappa shape index (κ3) is 4.37. The first-order valence-corrected chi connectivity index (χ1v) is 6.21. The predicted octanol–water partition coefficient (Wildman–Crippen LogP) is 4.35. The van der Waals surface area contributed by atoms with Crippen molar-refractivity contribution in [3.63, 3.8) is 0 Å². The molecule has 0 unspecified atom stereocenters. The standard InChI is InChI=1S/C16H11F3O3/c17-16(18,19)22-14-7-2-1-6-13(14)12-5-3-4-11(10-12)8-9-15(20)21/h1-10H,(H,20,21)/b9-8+. The summed E-state index contributed by atoms with van der Waals surface area (Å²) in [6, 6.07) is 12.2. The molecule has 0 amide bonds. The lowest BCUT2D eigenvalue weighted by Crippen LogP contribution is -2.17. The Morgan fingerprint density at radius 3 is 2.50 bits per heavy atom. The van der Waals surface area contributed by atoms with E-state index in [1.807, 2.05) is 0 Å². The van der Waals surface area contributed by atoms with E-state index in [1.54, 1.807) is 30.3 Å². The molecule has 6 heteroatoms. The summed E-state index contributed by atoms with van der Waals surface area (Å²) < 4.78 is 41.3. The van der Waals surface area contributed by atoms with Crippen molar-refractivity contribution in [1.29, 1.82) is 0 Å². The van der Waals surface area contributed by atoms with Gasteiger partial charge in [-0.25, -0.2) is 4.79 Å². The zero-order valence-corrected chi connectivity index (χ0v) is 11.2. The van der Waals surface area contributed by atoms with E-state index >= 15 is 0 Å². The van der Waals surface area contributed by atoms with Gasteiger partial charge >= 0.3 is 12.3 Å². The summed E-state index contributed by atoms with van der Waals surface area (Å²) in [5, 5.41) is 8.60. The van der Waals surface area contributed by atoms with Crippen LogP contribution in [0.3, 0.4) is 0 Å². The van der Waals surface area contributed by atoms with Crippen LogP contribution in [-0.2, 0) is 4.79 Å². The number of rotatable bonds is 4. The van der Waals surface area contributed by atoms with Gasteiger partial charge in [0.1, 0.15) is 5.75 Å². The highest BCUT2D eigenvalue weighted by atomic mass is 19.4. The molecule has 0 aromatic heterocycles. The second-order valence-electron chi connectivity index (χ2n) is 4.34. The molecule has 0 atom stereocenters. The highest BCUT2D eigenvalue weighted by molar-refractivity contribution is 5.85. The van der Waals surface area contributed by atoms with Crippen LogP contribution >= 0.6 is 0 Å². The Kier molecular flexibility index (Phi) is 4.50. The number of para-hydroxylation sites is 1. The Morgan fingerprint density at radius 2 is 1.82 bits per heavy atom. The SMILES string of the molecule is O=C(O)/C=C/c1cccc(-c2ccccc2OC(F)(F)F)c1. The summed E-state index contributed by atoms with van der Waals surface area (Å²) in [6.45, 7) is 0. The number of carboxylic acid groups (broad SMARTS) is 1. The van der Waals surface area contributed by atoms with Crippen LogP contribution in [0.1, 0.15) is 5.56 Å². The Hall–Kier alpha value is -2.76. The van der Waals surface area contributed by atoms with Crippen LogP contribution < -0.4 is 4.74 Å². The summed E-state index contributed by atoms with van der Waals surface area (Å²) in [7, 11) is 0. The highest BCUT2D eigenvalue weighted by Crippen LogP contribution is 2.34. The van der Waals surface area contributed by atoms with Crippen LogP contribution in [0.2, 0.25) is 0 Å². The fourth-order valence-corrected chi connectivity index (χ4v) is 1.90. The topological polar surface area (TPSA) is 46.5 Å². The van der Waals surface area contributed by atoms with Crippen molar-refractivity contribution in [1.82, 2.24) is 0 Å². The number of hydrogen-bond donors (Lipinski definition) is 1. The number of carboxylic acids is 1. The van der Waals surface area contributed by atoms with Gasteiger partial charge in [0.2, 0.25) is 0 Å². The molecule has 114 valence electrons. The quantitative estimate of drug-likeness (QED) is 0.854. The largest absolute Gasteiger partial charge is 0.573 e. The number of ether oxygens (including phenoxy) is 1. The van der Waals surface area contributed by atoms with E-state index in [2.05, 4.69) is 4.74 Å². The Bertz CT molecular complexity index is 706. The van der Waals surface area contributed by atoms with Crippen molar-refractivity contribution in [2.45, 2.75) is 6.36 Å². The molecule has 0 aliphatic heterocycles. The monoisotopic (exact) mass is 308 g/mol. The molecule has 2 aromatic carbocycles. The van der Waals surface area contributed by atoms with Gasteiger partial charge in [0.15, 0.2) is 0 Å². The average Bonchev–Trinajstić information content (AvgIpc) is 2.44. The number of alkyl halides is 3. The number of halogens is 3. The zero-order chi connectivity index (χ0) is 16.2. The van der Waals surface area contributed by atoms with Crippen molar-refractivity contribution in [3.05, 3.63) is 60.2 Å². The smallest absolute Gasteiger partial charge is 0.478 e. The first-order valence-electron chi connectivity index (χ1n) is 6.21. The van der Waals surface area contributed by atoms with Gasteiger partial charge in [0.25, 0.3) is 0 Å². The van der Waals surface area contributed by atoms with E-state index in [0.29, 0.717) is 11.1 Å². The van der Waals surface area contributed by atoms with Gasteiger partial charge in [-0.05, 0) is 29.3 Å². The van der Waals surface area contributed by atoms with Crippen molar-refractivity contribution in [3.8, 4) is 16.9 Å². The Labute approximate surface area is 124 Å². The van der Waals surface area contributed by atoms with E-state index in [1.165, 1.54) is 24.3 Å². The fraction of sp³-hybridized carbons (Fsp3) is 0.0625. The maximum Gasteiger partial charge on any atom is 0.573 e. The van der Waals surface area contributed by atoms with Crippen molar-refractivity contribution < 1.29 is 27.8 Å². The second-order valence-corrected chi connectivity index (χ2v) is 4.34. The van der Waals surface area contributed by atoms with E-state index in [9.17, 15) is 18.0 Å². The van der Waals surface area contributed by atoms with Crippen LogP contribution in [0.4, 0.5) is 13.2 Å². The summed E-state index contributed by atoms with van der Waals surface area (Å²) in [4.78, 5) is 10.5. The highest BCUT2D eigenvalue weighted by Gasteiger charge is 2.32. The molecule has 2 aromatic rings. The summed E-state index contributed by atoms with van der Waals surface area (Å²) in [6.07, 6.45) is -2.47. The van der Waals surface area contributed by atoms with Crippen LogP contribution in [0.15, 0.2) is 54.6 Å². The molecule has 0 saturated heterocycles. The minimum absolute atomic E-state index is 0.269. The van der Waals surface area contributed by atoms with Crippen molar-refractivity contribution >= 4 is 12.0 Å². The molecule has 0 aliphatic carbocycles. The Morgan fingerprint density at radius 1 is 1.09 bits per heavy atom. The first-order chi connectivity index (χ1) is 10.3. The zero-order valence-electron chi connectivity index (χ0n) is 11.2. The minimum atomic E-state index is -4.78. The van der Waals surface area contributed by atoms with Crippen molar-refractivity contribution in [2.24, 2.45) is 0 Å². The molecular weight excluding hydrogens is 297 g/mol. The molecular formula is C16H11F3O3. The minimum Gasteiger partial charge on any atom is -0.478 e. The number of hydrogen-bond acceptors (Lipinski definition) is 2. The van der Waals surface area contributed by atoms with Crippen LogP contribution in [0.25, 0.3) is 17.2 Å². The van der Waals surface area contributed by atoms with Gasteiger partial charge in [-0.3, -0.25) is 0 Å². The number of benzene rings is 2. The van der Waals surface area contributed by atoms with E-state index in [4.69, 9.17) is 5.11 Å². The van der Waals surface area contributed by atoms with E-state index in [-0.39, 0.29) is 11.3 Å². The Balaban J connectivity index is 2.40. The molecule has 0 radical (unpaired) electrons. The third-order valence-electron chi connectivity index (χ3n) is 2.73. The van der Waals surface area contributed by atoms with Gasteiger partial charge in [0, 0.05) is 11.6 Å². The maximum atomic E-state index is 12.4. The molecule has 0 heterocycles. The average molecular weight is 308 g/mol.